The number of pyridine rings is 1. The van der Waals surface area contributed by atoms with E-state index in [1.54, 1.807) is 36.4 Å². The fourth-order valence-electron chi connectivity index (χ4n) is 3.03. The van der Waals surface area contributed by atoms with Crippen molar-refractivity contribution >= 4 is 17.6 Å². The second kappa shape index (κ2) is 11.2. The number of halogens is 1. The number of hydrogen-bond acceptors (Lipinski definition) is 6. The third-order valence-corrected chi connectivity index (χ3v) is 4.69. The van der Waals surface area contributed by atoms with Gasteiger partial charge in [0.05, 0.1) is 18.5 Å². The van der Waals surface area contributed by atoms with E-state index in [0.717, 1.165) is 22.9 Å². The van der Waals surface area contributed by atoms with E-state index >= 15 is 0 Å². The molecule has 8 heteroatoms. The van der Waals surface area contributed by atoms with Crippen molar-refractivity contribution in [1.29, 1.82) is 0 Å². The molecule has 0 unspecified atom stereocenters. The third-order valence-electron chi connectivity index (χ3n) is 4.69. The summed E-state index contributed by atoms with van der Waals surface area (Å²) in [6.07, 6.45) is 2.43. The number of amides is 1. The highest BCUT2D eigenvalue weighted by molar-refractivity contribution is 6.05. The summed E-state index contributed by atoms with van der Waals surface area (Å²) in [5, 5.41) is 2.55. The number of ether oxygens (including phenoxy) is 2. The van der Waals surface area contributed by atoms with Gasteiger partial charge in [0.1, 0.15) is 5.75 Å². The highest BCUT2D eigenvalue weighted by atomic mass is 19.1. The van der Waals surface area contributed by atoms with E-state index in [2.05, 4.69) is 10.3 Å². The molecule has 2 aromatic carbocycles. The van der Waals surface area contributed by atoms with Crippen molar-refractivity contribution in [3.8, 4) is 16.9 Å². The molecule has 3 rings (SSSR count). The fraction of sp³-hybridized carbons (Fsp3) is 0.240. The molecule has 1 aromatic heterocycles. The number of carbonyl (C=O) groups is 2. The number of nitrogens with two attached hydrogens (primary N) is 1. The zero-order valence-corrected chi connectivity index (χ0v) is 18.5. The minimum atomic E-state index is -0.624. The van der Waals surface area contributed by atoms with Crippen molar-refractivity contribution in [2.75, 3.05) is 18.5 Å². The maximum atomic E-state index is 13.8. The van der Waals surface area contributed by atoms with E-state index < -0.39 is 17.7 Å². The summed E-state index contributed by atoms with van der Waals surface area (Å²) in [4.78, 5) is 28.2. The number of hydrogen-bond donors (Lipinski definition) is 2. The van der Waals surface area contributed by atoms with Crippen LogP contribution in [0.1, 0.15) is 29.8 Å². The van der Waals surface area contributed by atoms with Crippen molar-refractivity contribution in [2.24, 2.45) is 11.7 Å². The van der Waals surface area contributed by atoms with Crippen LogP contribution in [0.4, 0.5) is 10.1 Å². The second-order valence-corrected chi connectivity index (χ2v) is 7.78. The molecule has 1 heterocycles. The number of nitrogens with one attached hydrogen (secondary N) is 1. The van der Waals surface area contributed by atoms with Gasteiger partial charge >= 0.3 is 5.97 Å². The van der Waals surface area contributed by atoms with Crippen molar-refractivity contribution in [1.82, 2.24) is 4.98 Å². The molecule has 0 saturated heterocycles. The van der Waals surface area contributed by atoms with Crippen molar-refractivity contribution in [2.45, 2.75) is 20.4 Å². The van der Waals surface area contributed by atoms with E-state index in [1.807, 2.05) is 19.9 Å². The first-order chi connectivity index (χ1) is 15.9. The second-order valence-electron chi connectivity index (χ2n) is 7.78. The molecule has 3 aromatic rings. The van der Waals surface area contributed by atoms with Gasteiger partial charge < -0.3 is 20.5 Å². The Morgan fingerprint density at radius 2 is 1.97 bits per heavy atom. The zero-order valence-electron chi connectivity index (χ0n) is 18.5. The van der Waals surface area contributed by atoms with Crippen LogP contribution >= 0.6 is 0 Å². The highest BCUT2D eigenvalue weighted by Gasteiger charge is 2.14. The lowest BCUT2D eigenvalue weighted by Crippen LogP contribution is -2.17. The summed E-state index contributed by atoms with van der Waals surface area (Å²) in [6.45, 7) is 4.28. The first kappa shape index (κ1) is 23.9. The van der Waals surface area contributed by atoms with Crippen LogP contribution < -0.4 is 15.8 Å². The van der Waals surface area contributed by atoms with Gasteiger partial charge in [0.25, 0.3) is 5.91 Å². The van der Waals surface area contributed by atoms with E-state index in [4.69, 9.17) is 15.2 Å². The molecule has 33 heavy (non-hydrogen) atoms. The minimum absolute atomic E-state index is 0.0409. The molecule has 0 aliphatic heterocycles. The maximum absolute atomic E-state index is 13.8. The SMILES string of the molecule is CC(C)COC(=O)COc1cccc(-c2cc(C(=O)Nc3ccncc3F)ccc2CN)c1. The van der Waals surface area contributed by atoms with Gasteiger partial charge in [-0.3, -0.25) is 9.78 Å². The molecular formula is C25H26FN3O4. The van der Waals surface area contributed by atoms with Crippen LogP contribution in [0.5, 0.6) is 5.75 Å². The molecule has 0 bridgehead atoms. The van der Waals surface area contributed by atoms with Gasteiger partial charge in [0, 0.05) is 18.3 Å². The fourth-order valence-corrected chi connectivity index (χ4v) is 3.03. The van der Waals surface area contributed by atoms with Crippen molar-refractivity contribution in [3.63, 3.8) is 0 Å². The quantitative estimate of drug-likeness (QED) is 0.473. The molecule has 0 aliphatic rings. The number of benzene rings is 2. The predicted molar refractivity (Wildman–Crippen MR) is 123 cm³/mol. The van der Waals surface area contributed by atoms with Crippen LogP contribution in [-0.4, -0.2) is 30.1 Å². The Hall–Kier alpha value is -3.78. The lowest BCUT2D eigenvalue weighted by Gasteiger charge is -2.13. The Balaban J connectivity index is 1.79. The Morgan fingerprint density at radius 1 is 1.15 bits per heavy atom. The van der Waals surface area contributed by atoms with Crippen LogP contribution in [0, 0.1) is 11.7 Å². The molecule has 0 saturated carbocycles. The van der Waals surface area contributed by atoms with Gasteiger partial charge in [0.2, 0.25) is 0 Å². The zero-order chi connectivity index (χ0) is 23.8. The Bertz CT molecular complexity index is 1130. The number of anilines is 1. The first-order valence-corrected chi connectivity index (χ1v) is 10.5. The monoisotopic (exact) mass is 451 g/mol. The summed E-state index contributed by atoms with van der Waals surface area (Å²) >= 11 is 0. The van der Waals surface area contributed by atoms with Gasteiger partial charge in [-0.1, -0.05) is 32.0 Å². The van der Waals surface area contributed by atoms with Crippen LogP contribution in [0.3, 0.4) is 0 Å². The van der Waals surface area contributed by atoms with E-state index in [9.17, 15) is 14.0 Å². The molecule has 0 fully saturated rings. The summed E-state index contributed by atoms with van der Waals surface area (Å²) in [5.74, 6) is -0.817. The van der Waals surface area contributed by atoms with Gasteiger partial charge in [-0.25, -0.2) is 9.18 Å². The summed E-state index contributed by atoms with van der Waals surface area (Å²) in [5.41, 5.74) is 8.58. The van der Waals surface area contributed by atoms with Crippen LogP contribution in [0.25, 0.3) is 11.1 Å². The molecule has 1 amide bonds. The number of aromatic nitrogens is 1. The molecule has 172 valence electrons. The van der Waals surface area contributed by atoms with Crippen LogP contribution in [-0.2, 0) is 16.1 Å². The predicted octanol–water partition coefficient (Wildman–Crippen LogP) is 4.18. The molecule has 7 nitrogen and oxygen atoms in total. The van der Waals surface area contributed by atoms with Gasteiger partial charge in [0.15, 0.2) is 12.4 Å². The van der Waals surface area contributed by atoms with E-state index in [0.29, 0.717) is 17.9 Å². The summed E-state index contributed by atoms with van der Waals surface area (Å²) < 4.78 is 24.5. The molecule has 3 N–H and O–H groups in total. The molecular weight excluding hydrogens is 425 g/mol. The Labute approximate surface area is 191 Å². The number of esters is 1. The van der Waals surface area contributed by atoms with E-state index in [-0.39, 0.29) is 24.8 Å². The van der Waals surface area contributed by atoms with Crippen LogP contribution in [0.2, 0.25) is 0 Å². The van der Waals surface area contributed by atoms with Gasteiger partial charge in [-0.05, 0) is 52.9 Å². The molecule has 0 spiro atoms. The first-order valence-electron chi connectivity index (χ1n) is 10.5. The average Bonchev–Trinajstić information content (AvgIpc) is 2.82. The highest BCUT2D eigenvalue weighted by Crippen LogP contribution is 2.28. The standard InChI is InChI=1S/C25H26FN3O4/c1-16(2)14-33-24(30)15-32-20-5-3-4-17(10-20)21-11-18(6-7-19(21)12-27)25(31)29-23-8-9-28-13-22(23)26/h3-11,13,16H,12,14-15,27H2,1-2H3,(H,28,29,31). The van der Waals surface area contributed by atoms with E-state index in [1.165, 1.54) is 12.3 Å². The molecule has 0 atom stereocenters. The Morgan fingerprint density at radius 3 is 2.70 bits per heavy atom. The number of carbonyl (C=O) groups excluding carboxylic acids is 2. The lowest BCUT2D eigenvalue weighted by atomic mass is 9.96. The average molecular weight is 451 g/mol. The molecule has 0 aliphatic carbocycles. The maximum Gasteiger partial charge on any atom is 0.344 e. The minimum Gasteiger partial charge on any atom is -0.482 e. The largest absolute Gasteiger partial charge is 0.482 e. The number of rotatable bonds is 9. The number of nitrogens with zero attached hydrogens (tertiary/aromatic N) is 1. The third kappa shape index (κ3) is 6.60. The normalized spacial score (nSPS) is 10.7. The Kier molecular flexibility index (Phi) is 8.10. The van der Waals surface area contributed by atoms with Gasteiger partial charge in [-0.15, -0.1) is 0 Å². The topological polar surface area (TPSA) is 104 Å². The van der Waals surface area contributed by atoms with Crippen LogP contribution in [0.15, 0.2) is 60.9 Å². The lowest BCUT2D eigenvalue weighted by molar-refractivity contribution is -0.147. The summed E-state index contributed by atoms with van der Waals surface area (Å²) in [7, 11) is 0. The van der Waals surface area contributed by atoms with Gasteiger partial charge in [-0.2, -0.15) is 0 Å². The van der Waals surface area contributed by atoms with Crippen molar-refractivity contribution < 1.29 is 23.5 Å². The van der Waals surface area contributed by atoms with Crippen molar-refractivity contribution in [3.05, 3.63) is 77.9 Å². The smallest absolute Gasteiger partial charge is 0.344 e. The molecule has 0 radical (unpaired) electrons. The summed E-state index contributed by atoms with van der Waals surface area (Å²) in [6, 6.07) is 13.6.